The molecule has 1 nitrogen and oxygen atoms in total. The summed E-state index contributed by atoms with van der Waals surface area (Å²) in [6.07, 6.45) is 2.60. The molecule has 86 valence electrons. The molecule has 0 aliphatic heterocycles. The first-order chi connectivity index (χ1) is 6.35. The van der Waals surface area contributed by atoms with Crippen LogP contribution >= 0.6 is 0 Å². The lowest BCUT2D eigenvalue weighted by Crippen LogP contribution is -2.34. The van der Waals surface area contributed by atoms with Crippen molar-refractivity contribution >= 4 is 0 Å². The zero-order chi connectivity index (χ0) is 11.2. The van der Waals surface area contributed by atoms with Crippen LogP contribution in [0.5, 0.6) is 0 Å². The van der Waals surface area contributed by atoms with Crippen molar-refractivity contribution in [2.75, 3.05) is 19.6 Å². The van der Waals surface area contributed by atoms with Crippen LogP contribution in [0.3, 0.4) is 0 Å². The summed E-state index contributed by atoms with van der Waals surface area (Å²) < 4.78 is 0. The summed E-state index contributed by atoms with van der Waals surface area (Å²) in [6, 6.07) is 0. The van der Waals surface area contributed by atoms with Crippen molar-refractivity contribution in [1.29, 1.82) is 0 Å². The minimum absolute atomic E-state index is 0.437. The van der Waals surface area contributed by atoms with Gasteiger partial charge in [-0.2, -0.15) is 0 Å². The van der Waals surface area contributed by atoms with Crippen LogP contribution in [0.15, 0.2) is 0 Å². The molecule has 1 heteroatoms. The minimum Gasteiger partial charge on any atom is -0.303 e. The van der Waals surface area contributed by atoms with Gasteiger partial charge in [0.1, 0.15) is 0 Å². The van der Waals surface area contributed by atoms with Gasteiger partial charge in [0.25, 0.3) is 0 Å². The molecule has 0 amide bonds. The van der Waals surface area contributed by atoms with Crippen LogP contribution in [0.2, 0.25) is 0 Å². The molecule has 14 heavy (non-hydrogen) atoms. The van der Waals surface area contributed by atoms with Crippen molar-refractivity contribution in [2.45, 2.75) is 54.4 Å². The lowest BCUT2D eigenvalue weighted by Gasteiger charge is -2.30. The van der Waals surface area contributed by atoms with Crippen molar-refractivity contribution in [1.82, 2.24) is 4.90 Å². The maximum absolute atomic E-state index is 2.61. The molecule has 0 aliphatic carbocycles. The van der Waals surface area contributed by atoms with Crippen LogP contribution in [0.1, 0.15) is 54.4 Å². The Kier molecular flexibility index (Phi) is 6.43. The summed E-state index contributed by atoms with van der Waals surface area (Å²) in [7, 11) is 0. The van der Waals surface area contributed by atoms with Gasteiger partial charge in [-0.05, 0) is 37.3 Å². The zero-order valence-corrected chi connectivity index (χ0v) is 11.1. The molecule has 0 unspecified atom stereocenters. The average Bonchev–Trinajstić information content (AvgIpc) is 1.98. The molecule has 0 heterocycles. The summed E-state index contributed by atoms with van der Waals surface area (Å²) in [4.78, 5) is 2.61. The fourth-order valence-electron chi connectivity index (χ4n) is 1.70. The Balaban J connectivity index is 3.89. The average molecular weight is 199 g/mol. The van der Waals surface area contributed by atoms with Crippen LogP contribution in [0.4, 0.5) is 0 Å². The van der Waals surface area contributed by atoms with E-state index in [4.69, 9.17) is 0 Å². The fourth-order valence-corrected chi connectivity index (χ4v) is 1.70. The predicted molar refractivity (Wildman–Crippen MR) is 65.6 cm³/mol. The second-order valence-corrected chi connectivity index (χ2v) is 6.02. The molecule has 0 aromatic heterocycles. The standard InChI is InChI=1S/C13H29N/c1-7-9-14(10-8-12(2)3)11-13(4,5)6/h12H,7-11H2,1-6H3. The van der Waals surface area contributed by atoms with Crippen LogP contribution < -0.4 is 0 Å². The van der Waals surface area contributed by atoms with Gasteiger partial charge in [-0.1, -0.05) is 41.5 Å². The Labute approximate surface area is 90.9 Å². The smallest absolute Gasteiger partial charge is 0.00300 e. The Hall–Kier alpha value is -0.0400. The topological polar surface area (TPSA) is 3.24 Å². The van der Waals surface area contributed by atoms with Gasteiger partial charge >= 0.3 is 0 Å². The van der Waals surface area contributed by atoms with Crippen LogP contribution in [-0.2, 0) is 0 Å². The number of hydrogen-bond donors (Lipinski definition) is 0. The van der Waals surface area contributed by atoms with Gasteiger partial charge in [-0.15, -0.1) is 0 Å². The molecular formula is C13H29N. The molecule has 0 radical (unpaired) electrons. The van der Waals surface area contributed by atoms with Crippen LogP contribution in [-0.4, -0.2) is 24.5 Å². The van der Waals surface area contributed by atoms with E-state index >= 15 is 0 Å². The zero-order valence-electron chi connectivity index (χ0n) is 11.1. The van der Waals surface area contributed by atoms with E-state index in [1.807, 2.05) is 0 Å². The molecule has 0 aromatic carbocycles. The van der Waals surface area contributed by atoms with E-state index in [1.165, 1.54) is 32.5 Å². The molecule has 0 saturated heterocycles. The molecule has 0 saturated carbocycles. The van der Waals surface area contributed by atoms with E-state index in [0.29, 0.717) is 5.41 Å². The van der Waals surface area contributed by atoms with E-state index in [0.717, 1.165) is 5.92 Å². The predicted octanol–water partition coefficient (Wildman–Crippen LogP) is 3.79. The third-order valence-electron chi connectivity index (χ3n) is 2.26. The fraction of sp³-hybridized carbons (Fsp3) is 1.00. The van der Waals surface area contributed by atoms with Crippen molar-refractivity contribution in [2.24, 2.45) is 11.3 Å². The third kappa shape index (κ3) is 8.55. The maximum atomic E-state index is 2.61. The van der Waals surface area contributed by atoms with Gasteiger partial charge in [0.05, 0.1) is 0 Å². The Bertz CT molecular complexity index is 133. The number of nitrogens with zero attached hydrogens (tertiary/aromatic N) is 1. The second-order valence-electron chi connectivity index (χ2n) is 6.02. The Morgan fingerprint density at radius 1 is 1.07 bits per heavy atom. The molecule has 0 aromatic rings. The number of hydrogen-bond acceptors (Lipinski definition) is 1. The lowest BCUT2D eigenvalue weighted by molar-refractivity contribution is 0.183. The van der Waals surface area contributed by atoms with Crippen molar-refractivity contribution < 1.29 is 0 Å². The van der Waals surface area contributed by atoms with E-state index in [-0.39, 0.29) is 0 Å². The molecular weight excluding hydrogens is 170 g/mol. The summed E-state index contributed by atoms with van der Waals surface area (Å²) in [6.45, 7) is 17.6. The van der Waals surface area contributed by atoms with Gasteiger partial charge in [0, 0.05) is 6.54 Å². The second kappa shape index (κ2) is 6.44. The van der Waals surface area contributed by atoms with E-state index in [9.17, 15) is 0 Å². The lowest BCUT2D eigenvalue weighted by atomic mass is 9.95. The summed E-state index contributed by atoms with van der Waals surface area (Å²) in [5.41, 5.74) is 0.437. The molecule has 0 atom stereocenters. The molecule has 0 aliphatic rings. The van der Waals surface area contributed by atoms with Crippen molar-refractivity contribution in [3.63, 3.8) is 0 Å². The Morgan fingerprint density at radius 3 is 2.00 bits per heavy atom. The van der Waals surface area contributed by atoms with E-state index in [2.05, 4.69) is 46.4 Å². The van der Waals surface area contributed by atoms with Gasteiger partial charge in [-0.25, -0.2) is 0 Å². The van der Waals surface area contributed by atoms with Gasteiger partial charge < -0.3 is 4.90 Å². The third-order valence-corrected chi connectivity index (χ3v) is 2.26. The maximum Gasteiger partial charge on any atom is 0.00300 e. The largest absolute Gasteiger partial charge is 0.303 e. The quantitative estimate of drug-likeness (QED) is 0.629. The minimum atomic E-state index is 0.437. The monoisotopic (exact) mass is 199 g/mol. The first-order valence-corrected chi connectivity index (χ1v) is 6.07. The van der Waals surface area contributed by atoms with Crippen LogP contribution in [0.25, 0.3) is 0 Å². The highest BCUT2D eigenvalue weighted by atomic mass is 15.1. The normalized spacial score (nSPS) is 12.9. The summed E-state index contributed by atoms with van der Waals surface area (Å²) in [5.74, 6) is 0.828. The molecule has 0 rings (SSSR count). The van der Waals surface area contributed by atoms with E-state index < -0.39 is 0 Å². The van der Waals surface area contributed by atoms with Gasteiger partial charge in [0.15, 0.2) is 0 Å². The first kappa shape index (κ1) is 14.0. The van der Waals surface area contributed by atoms with E-state index in [1.54, 1.807) is 0 Å². The molecule has 0 bridgehead atoms. The highest BCUT2D eigenvalue weighted by molar-refractivity contribution is 4.69. The highest BCUT2D eigenvalue weighted by Crippen LogP contribution is 2.16. The molecule has 0 spiro atoms. The van der Waals surface area contributed by atoms with Crippen molar-refractivity contribution in [3.8, 4) is 0 Å². The van der Waals surface area contributed by atoms with Crippen LogP contribution in [0, 0.1) is 11.3 Å². The summed E-state index contributed by atoms with van der Waals surface area (Å²) >= 11 is 0. The van der Waals surface area contributed by atoms with Gasteiger partial charge in [-0.3, -0.25) is 0 Å². The summed E-state index contributed by atoms with van der Waals surface area (Å²) in [5, 5.41) is 0. The van der Waals surface area contributed by atoms with Crippen molar-refractivity contribution in [3.05, 3.63) is 0 Å². The highest BCUT2D eigenvalue weighted by Gasteiger charge is 2.15. The SMILES string of the molecule is CCCN(CCC(C)C)CC(C)(C)C. The van der Waals surface area contributed by atoms with Gasteiger partial charge in [0.2, 0.25) is 0 Å². The Morgan fingerprint density at radius 2 is 1.64 bits per heavy atom. The first-order valence-electron chi connectivity index (χ1n) is 6.07. The molecule has 0 fully saturated rings. The number of rotatable bonds is 6. The molecule has 0 N–H and O–H groups in total.